The Hall–Kier alpha value is -0.850. The van der Waals surface area contributed by atoms with Gasteiger partial charge in [-0.15, -0.1) is 12.4 Å². The Morgan fingerprint density at radius 1 is 1.45 bits per heavy atom. The zero-order valence-corrected chi connectivity index (χ0v) is 12.8. The highest BCUT2D eigenvalue weighted by molar-refractivity contribution is 5.90. The lowest BCUT2D eigenvalue weighted by Crippen LogP contribution is -2.46. The topological polar surface area (TPSA) is 84.7 Å². The average molecular weight is 306 g/mol. The molecule has 0 radical (unpaired) electrons. The third-order valence-electron chi connectivity index (χ3n) is 3.84. The summed E-state index contributed by atoms with van der Waals surface area (Å²) in [4.78, 5) is 25.9. The summed E-state index contributed by atoms with van der Waals surface area (Å²) in [6, 6.07) is -0.214. The minimum Gasteiger partial charge on any atom is -0.364 e. The summed E-state index contributed by atoms with van der Waals surface area (Å²) < 4.78 is 5.53. The summed E-state index contributed by atoms with van der Waals surface area (Å²) in [5.74, 6) is -0.170. The average Bonchev–Trinajstić information content (AvgIpc) is 2.97. The molecule has 20 heavy (non-hydrogen) atoms. The van der Waals surface area contributed by atoms with E-state index in [1.165, 1.54) is 0 Å². The maximum Gasteiger partial charge on any atom is 0.249 e. The molecule has 2 heterocycles. The molecule has 0 aromatic rings. The van der Waals surface area contributed by atoms with Gasteiger partial charge in [0.25, 0.3) is 0 Å². The number of ether oxygens (including phenoxy) is 1. The van der Waals surface area contributed by atoms with Crippen LogP contribution in [0.5, 0.6) is 0 Å². The highest BCUT2D eigenvalue weighted by Gasteiger charge is 2.37. The fourth-order valence-corrected chi connectivity index (χ4v) is 2.69. The van der Waals surface area contributed by atoms with E-state index in [9.17, 15) is 9.59 Å². The Bertz CT molecular complexity index is 365. The molecule has 0 aromatic heterocycles. The quantitative estimate of drug-likeness (QED) is 0.768. The van der Waals surface area contributed by atoms with Gasteiger partial charge in [0.15, 0.2) is 0 Å². The predicted molar refractivity (Wildman–Crippen MR) is 77.6 cm³/mol. The second-order valence-corrected chi connectivity index (χ2v) is 5.54. The highest BCUT2D eigenvalue weighted by Crippen LogP contribution is 2.20. The molecule has 0 aliphatic carbocycles. The lowest BCUT2D eigenvalue weighted by Gasteiger charge is -2.21. The van der Waals surface area contributed by atoms with Crippen LogP contribution in [0.15, 0.2) is 0 Å². The van der Waals surface area contributed by atoms with Crippen molar-refractivity contribution < 1.29 is 14.3 Å². The second-order valence-electron chi connectivity index (χ2n) is 5.54. The molecule has 3 N–H and O–H groups in total. The van der Waals surface area contributed by atoms with Crippen molar-refractivity contribution in [3.05, 3.63) is 0 Å². The number of nitrogens with one attached hydrogen (secondary N) is 1. The number of hydrogen-bond acceptors (Lipinski definition) is 4. The van der Waals surface area contributed by atoms with Crippen LogP contribution in [-0.2, 0) is 14.3 Å². The van der Waals surface area contributed by atoms with Crippen LogP contribution in [0.3, 0.4) is 0 Å². The molecule has 0 saturated carbocycles. The van der Waals surface area contributed by atoms with Crippen LogP contribution in [0, 0.1) is 0 Å². The van der Waals surface area contributed by atoms with Gasteiger partial charge in [-0.1, -0.05) is 0 Å². The maximum atomic E-state index is 12.1. The first kappa shape index (κ1) is 17.2. The number of likely N-dealkylation sites (tertiary alicyclic amines) is 1. The van der Waals surface area contributed by atoms with E-state index >= 15 is 0 Å². The first-order chi connectivity index (χ1) is 9.02. The van der Waals surface area contributed by atoms with Gasteiger partial charge in [-0.2, -0.15) is 0 Å². The van der Waals surface area contributed by atoms with Gasteiger partial charge in [0, 0.05) is 19.1 Å². The van der Waals surface area contributed by atoms with E-state index in [1.54, 1.807) is 4.90 Å². The van der Waals surface area contributed by atoms with Crippen LogP contribution < -0.4 is 11.1 Å². The second kappa shape index (κ2) is 7.24. The summed E-state index contributed by atoms with van der Waals surface area (Å²) in [6.07, 6.45) is 1.69. The molecule has 7 heteroatoms. The van der Waals surface area contributed by atoms with E-state index in [4.69, 9.17) is 10.5 Å². The number of amides is 2. The summed E-state index contributed by atoms with van der Waals surface area (Å²) in [5.41, 5.74) is 5.52. The zero-order valence-electron chi connectivity index (χ0n) is 12.0. The first-order valence-electron chi connectivity index (χ1n) is 6.99. The minimum atomic E-state index is -0.450. The molecule has 0 spiro atoms. The van der Waals surface area contributed by atoms with Crippen molar-refractivity contribution in [2.24, 2.45) is 5.73 Å². The van der Waals surface area contributed by atoms with Crippen molar-refractivity contribution in [3.63, 3.8) is 0 Å². The molecule has 2 amide bonds. The molecule has 2 rings (SSSR count). The predicted octanol–water partition coefficient (Wildman–Crippen LogP) is 0.0400. The van der Waals surface area contributed by atoms with Crippen molar-refractivity contribution in [1.29, 1.82) is 0 Å². The van der Waals surface area contributed by atoms with Crippen LogP contribution in [0.1, 0.15) is 33.1 Å². The van der Waals surface area contributed by atoms with Gasteiger partial charge in [-0.3, -0.25) is 9.59 Å². The molecular formula is C13H24ClN3O3. The fraction of sp³-hybridized carbons (Fsp3) is 0.846. The standard InChI is InChI=1S/C13H23N3O3.ClH/c1-8(2)16-6-5-10(13(16)18)15-12(17)11-4-3-9(7-14)19-11;/h8-11H,3-7,14H2,1-2H3,(H,15,17);1H/t9-,10?,11+;/m1./s1. The van der Waals surface area contributed by atoms with E-state index < -0.39 is 12.1 Å². The number of carbonyl (C=O) groups is 2. The van der Waals surface area contributed by atoms with E-state index in [-0.39, 0.29) is 36.4 Å². The Balaban J connectivity index is 0.00000200. The Labute approximate surface area is 125 Å². The lowest BCUT2D eigenvalue weighted by atomic mass is 10.1. The molecule has 0 bridgehead atoms. The monoisotopic (exact) mass is 305 g/mol. The number of halogens is 1. The molecular weight excluding hydrogens is 282 g/mol. The molecule has 2 fully saturated rings. The Morgan fingerprint density at radius 3 is 2.65 bits per heavy atom. The highest BCUT2D eigenvalue weighted by atomic mass is 35.5. The van der Waals surface area contributed by atoms with E-state index in [0.717, 1.165) is 6.42 Å². The van der Waals surface area contributed by atoms with Crippen LogP contribution in [-0.4, -0.2) is 54.1 Å². The lowest BCUT2D eigenvalue weighted by molar-refractivity contribution is -0.137. The van der Waals surface area contributed by atoms with Gasteiger partial charge in [-0.25, -0.2) is 0 Å². The van der Waals surface area contributed by atoms with Gasteiger partial charge < -0.3 is 20.7 Å². The largest absolute Gasteiger partial charge is 0.364 e. The van der Waals surface area contributed by atoms with Crippen LogP contribution in [0.25, 0.3) is 0 Å². The van der Waals surface area contributed by atoms with E-state index in [1.807, 2.05) is 13.8 Å². The van der Waals surface area contributed by atoms with Crippen molar-refractivity contribution in [2.75, 3.05) is 13.1 Å². The normalized spacial score (nSPS) is 29.7. The van der Waals surface area contributed by atoms with Gasteiger partial charge in [0.2, 0.25) is 11.8 Å². The van der Waals surface area contributed by atoms with Crippen LogP contribution in [0.2, 0.25) is 0 Å². The molecule has 2 aliphatic rings. The summed E-state index contributed by atoms with van der Waals surface area (Å²) in [6.45, 7) is 5.10. The van der Waals surface area contributed by atoms with E-state index in [2.05, 4.69) is 5.32 Å². The summed E-state index contributed by atoms with van der Waals surface area (Å²) >= 11 is 0. The molecule has 116 valence electrons. The summed E-state index contributed by atoms with van der Waals surface area (Å²) in [7, 11) is 0. The summed E-state index contributed by atoms with van der Waals surface area (Å²) in [5, 5.41) is 2.80. The molecule has 1 unspecified atom stereocenters. The third-order valence-corrected chi connectivity index (χ3v) is 3.84. The first-order valence-corrected chi connectivity index (χ1v) is 6.99. The smallest absolute Gasteiger partial charge is 0.249 e. The van der Waals surface area contributed by atoms with Crippen molar-refractivity contribution in [3.8, 4) is 0 Å². The van der Waals surface area contributed by atoms with Crippen LogP contribution >= 0.6 is 12.4 Å². The third kappa shape index (κ3) is 3.62. The van der Waals surface area contributed by atoms with E-state index in [0.29, 0.717) is 25.9 Å². The molecule has 3 atom stereocenters. The number of carbonyl (C=O) groups excluding carboxylic acids is 2. The molecule has 2 aliphatic heterocycles. The molecule has 6 nitrogen and oxygen atoms in total. The fourth-order valence-electron chi connectivity index (χ4n) is 2.69. The SMILES string of the molecule is CC(C)N1CCC(NC(=O)[C@@H]2CC[C@H](CN)O2)C1=O.Cl. The number of nitrogens with two attached hydrogens (primary N) is 1. The van der Waals surface area contributed by atoms with Gasteiger partial charge in [0.05, 0.1) is 6.10 Å². The zero-order chi connectivity index (χ0) is 14.0. The number of hydrogen-bond donors (Lipinski definition) is 2. The van der Waals surface area contributed by atoms with Crippen molar-refractivity contribution in [1.82, 2.24) is 10.2 Å². The molecule has 0 aromatic carbocycles. The number of rotatable bonds is 4. The minimum absolute atomic E-state index is 0. The Morgan fingerprint density at radius 2 is 2.15 bits per heavy atom. The Kier molecular flexibility index (Phi) is 6.23. The van der Waals surface area contributed by atoms with Crippen molar-refractivity contribution >= 4 is 24.2 Å². The number of nitrogens with zero attached hydrogens (tertiary/aromatic N) is 1. The van der Waals surface area contributed by atoms with Crippen molar-refractivity contribution in [2.45, 2.75) is 57.4 Å². The van der Waals surface area contributed by atoms with Gasteiger partial charge in [0.1, 0.15) is 12.1 Å². The van der Waals surface area contributed by atoms with Crippen LogP contribution in [0.4, 0.5) is 0 Å². The molecule has 2 saturated heterocycles. The maximum absolute atomic E-state index is 12.1. The van der Waals surface area contributed by atoms with Gasteiger partial charge >= 0.3 is 0 Å². The van der Waals surface area contributed by atoms with Gasteiger partial charge in [-0.05, 0) is 33.1 Å².